The maximum absolute atomic E-state index is 13.0. The van der Waals surface area contributed by atoms with E-state index in [1.54, 1.807) is 11.8 Å². The zero-order valence-corrected chi connectivity index (χ0v) is 17.8. The summed E-state index contributed by atoms with van der Waals surface area (Å²) in [6.45, 7) is 2.72. The molecular formula is C25H24N4O3. The van der Waals surface area contributed by atoms with Crippen molar-refractivity contribution in [3.8, 4) is 11.3 Å². The number of nitrogens with one attached hydrogen (secondary N) is 2. The number of aromatic amines is 1. The molecule has 1 fully saturated rings. The Morgan fingerprint density at radius 2 is 2.03 bits per heavy atom. The van der Waals surface area contributed by atoms with Gasteiger partial charge in [0.2, 0.25) is 11.7 Å². The van der Waals surface area contributed by atoms with E-state index >= 15 is 0 Å². The van der Waals surface area contributed by atoms with Gasteiger partial charge in [-0.1, -0.05) is 30.3 Å². The standard InChI is InChI=1S/C25H24N4O3/c1-16-23(32-15-26-16)25(31)29-11-5-8-19(14-29)24(30)27-20-9-4-7-17(12-20)22-13-18-6-2-3-10-21(18)28-22/h2-4,6-7,9-10,12-13,15,19,28H,5,8,11,14H2,1H3,(H,27,30). The van der Waals surface area contributed by atoms with Crippen molar-refractivity contribution in [1.82, 2.24) is 14.9 Å². The molecule has 0 aliphatic carbocycles. The summed E-state index contributed by atoms with van der Waals surface area (Å²) in [6, 6.07) is 18.0. The number of oxazole rings is 1. The Labute approximate surface area is 185 Å². The van der Waals surface area contributed by atoms with Crippen molar-refractivity contribution < 1.29 is 14.0 Å². The van der Waals surface area contributed by atoms with E-state index in [1.165, 1.54) is 6.39 Å². The summed E-state index contributed by atoms with van der Waals surface area (Å²) >= 11 is 0. The molecule has 1 unspecified atom stereocenters. The molecule has 2 aromatic carbocycles. The van der Waals surface area contributed by atoms with Gasteiger partial charge in [-0.05, 0) is 44.0 Å². The number of benzene rings is 2. The molecule has 2 amide bonds. The van der Waals surface area contributed by atoms with E-state index in [2.05, 4.69) is 27.4 Å². The number of hydrogen-bond acceptors (Lipinski definition) is 4. The minimum Gasteiger partial charge on any atom is -0.438 e. The Bertz CT molecular complexity index is 1260. The second-order valence-corrected chi connectivity index (χ2v) is 8.20. The largest absolute Gasteiger partial charge is 0.438 e. The molecule has 1 aliphatic heterocycles. The van der Waals surface area contributed by atoms with Gasteiger partial charge in [0.05, 0.1) is 11.6 Å². The normalized spacial score (nSPS) is 16.3. The molecule has 2 N–H and O–H groups in total. The Morgan fingerprint density at radius 1 is 1.16 bits per heavy atom. The van der Waals surface area contributed by atoms with Gasteiger partial charge in [-0.15, -0.1) is 0 Å². The lowest BCUT2D eigenvalue weighted by Crippen LogP contribution is -2.43. The van der Waals surface area contributed by atoms with Crippen molar-refractivity contribution >= 4 is 28.4 Å². The molecule has 4 aromatic rings. The number of aryl methyl sites for hydroxylation is 1. The number of carbonyl (C=O) groups excluding carboxylic acids is 2. The van der Waals surface area contributed by atoms with Crippen LogP contribution < -0.4 is 5.32 Å². The third kappa shape index (κ3) is 3.89. The van der Waals surface area contributed by atoms with Gasteiger partial charge in [0, 0.05) is 40.9 Å². The number of hydrogen-bond donors (Lipinski definition) is 2. The summed E-state index contributed by atoms with van der Waals surface area (Å²) in [4.78, 5) is 34.8. The number of aromatic nitrogens is 2. The number of para-hydroxylation sites is 1. The lowest BCUT2D eigenvalue weighted by Gasteiger charge is -2.31. The summed E-state index contributed by atoms with van der Waals surface area (Å²) in [5, 5.41) is 4.18. The first-order valence-electron chi connectivity index (χ1n) is 10.8. The third-order valence-corrected chi connectivity index (χ3v) is 5.99. The van der Waals surface area contributed by atoms with Gasteiger partial charge >= 0.3 is 0 Å². The number of nitrogens with zero attached hydrogens (tertiary/aromatic N) is 2. The second-order valence-electron chi connectivity index (χ2n) is 8.20. The van der Waals surface area contributed by atoms with Crippen LogP contribution in [-0.2, 0) is 4.79 Å². The Kier molecular flexibility index (Phi) is 5.23. The van der Waals surface area contributed by atoms with Gasteiger partial charge in [-0.25, -0.2) is 4.98 Å². The molecule has 1 atom stereocenters. The third-order valence-electron chi connectivity index (χ3n) is 5.99. The molecule has 1 saturated heterocycles. The zero-order valence-electron chi connectivity index (χ0n) is 17.8. The molecular weight excluding hydrogens is 404 g/mol. The van der Waals surface area contributed by atoms with Gasteiger partial charge < -0.3 is 19.6 Å². The van der Waals surface area contributed by atoms with Gasteiger partial charge in [0.25, 0.3) is 5.91 Å². The van der Waals surface area contributed by atoms with Crippen molar-refractivity contribution in [2.75, 3.05) is 18.4 Å². The Balaban J connectivity index is 1.29. The number of fused-ring (bicyclic) bond motifs is 1. The highest BCUT2D eigenvalue weighted by Gasteiger charge is 2.31. The smallest absolute Gasteiger partial charge is 0.291 e. The molecule has 3 heterocycles. The van der Waals surface area contributed by atoms with Crippen LogP contribution in [0.4, 0.5) is 5.69 Å². The van der Waals surface area contributed by atoms with Crippen LogP contribution in [0.25, 0.3) is 22.2 Å². The fourth-order valence-corrected chi connectivity index (χ4v) is 4.26. The molecule has 0 saturated carbocycles. The van der Waals surface area contributed by atoms with Gasteiger partial charge in [0.1, 0.15) is 0 Å². The van der Waals surface area contributed by atoms with E-state index in [-0.39, 0.29) is 23.5 Å². The van der Waals surface area contributed by atoms with E-state index in [1.807, 2.05) is 42.5 Å². The first-order chi connectivity index (χ1) is 15.6. The number of anilines is 1. The topological polar surface area (TPSA) is 91.2 Å². The van der Waals surface area contributed by atoms with E-state index in [0.29, 0.717) is 18.8 Å². The summed E-state index contributed by atoms with van der Waals surface area (Å²) in [6.07, 6.45) is 2.79. The summed E-state index contributed by atoms with van der Waals surface area (Å²) < 4.78 is 5.24. The second kappa shape index (κ2) is 8.34. The predicted molar refractivity (Wildman–Crippen MR) is 122 cm³/mol. The van der Waals surface area contributed by atoms with Crippen LogP contribution in [-0.4, -0.2) is 39.8 Å². The minimum atomic E-state index is -0.271. The molecule has 162 valence electrons. The molecule has 32 heavy (non-hydrogen) atoms. The van der Waals surface area contributed by atoms with Crippen molar-refractivity contribution in [2.45, 2.75) is 19.8 Å². The molecule has 2 aromatic heterocycles. The lowest BCUT2D eigenvalue weighted by molar-refractivity contribution is -0.121. The van der Waals surface area contributed by atoms with Crippen LogP contribution in [0.2, 0.25) is 0 Å². The van der Waals surface area contributed by atoms with E-state index in [9.17, 15) is 9.59 Å². The Hall–Kier alpha value is -3.87. The van der Waals surface area contributed by atoms with Crippen LogP contribution >= 0.6 is 0 Å². The monoisotopic (exact) mass is 428 g/mol. The van der Waals surface area contributed by atoms with E-state index < -0.39 is 0 Å². The highest BCUT2D eigenvalue weighted by Crippen LogP contribution is 2.27. The molecule has 7 nitrogen and oxygen atoms in total. The molecule has 0 bridgehead atoms. The average Bonchev–Trinajstić information content (AvgIpc) is 3.45. The molecule has 1 aliphatic rings. The fraction of sp³-hybridized carbons (Fsp3) is 0.240. The van der Waals surface area contributed by atoms with Gasteiger partial charge in [-0.3, -0.25) is 9.59 Å². The van der Waals surface area contributed by atoms with E-state index in [4.69, 9.17) is 4.42 Å². The molecule has 7 heteroatoms. The van der Waals surface area contributed by atoms with Gasteiger partial charge in [0.15, 0.2) is 6.39 Å². The zero-order chi connectivity index (χ0) is 22.1. The quantitative estimate of drug-likeness (QED) is 0.496. The van der Waals surface area contributed by atoms with E-state index in [0.717, 1.165) is 40.7 Å². The van der Waals surface area contributed by atoms with Crippen molar-refractivity contribution in [3.05, 3.63) is 72.4 Å². The first-order valence-corrected chi connectivity index (χ1v) is 10.8. The predicted octanol–water partition coefficient (Wildman–Crippen LogP) is 4.62. The summed E-state index contributed by atoms with van der Waals surface area (Å²) in [7, 11) is 0. The number of H-pyrrole nitrogens is 1. The van der Waals surface area contributed by atoms with Crippen LogP contribution in [0, 0.1) is 12.8 Å². The van der Waals surface area contributed by atoms with Crippen molar-refractivity contribution in [1.29, 1.82) is 0 Å². The maximum atomic E-state index is 13.0. The van der Waals surface area contributed by atoms with Crippen LogP contribution in [0.3, 0.4) is 0 Å². The van der Waals surface area contributed by atoms with Crippen LogP contribution in [0.5, 0.6) is 0 Å². The molecule has 0 spiro atoms. The van der Waals surface area contributed by atoms with Gasteiger partial charge in [-0.2, -0.15) is 0 Å². The minimum absolute atomic E-state index is 0.0782. The summed E-state index contributed by atoms with van der Waals surface area (Å²) in [5.74, 6) is -0.311. The fourth-order valence-electron chi connectivity index (χ4n) is 4.26. The number of amides is 2. The maximum Gasteiger partial charge on any atom is 0.291 e. The highest BCUT2D eigenvalue weighted by atomic mass is 16.3. The number of piperidine rings is 1. The Morgan fingerprint density at radius 3 is 2.84 bits per heavy atom. The van der Waals surface area contributed by atoms with Crippen LogP contribution in [0.15, 0.2) is 65.4 Å². The number of rotatable bonds is 4. The molecule has 5 rings (SSSR count). The first kappa shape index (κ1) is 20.1. The summed E-state index contributed by atoms with van der Waals surface area (Å²) in [5.41, 5.74) is 4.38. The number of carbonyl (C=O) groups is 2. The average molecular weight is 428 g/mol. The van der Waals surface area contributed by atoms with Crippen LogP contribution in [0.1, 0.15) is 29.1 Å². The lowest BCUT2D eigenvalue weighted by atomic mass is 9.96. The highest BCUT2D eigenvalue weighted by molar-refractivity contribution is 5.96. The number of likely N-dealkylation sites (tertiary alicyclic amines) is 1. The molecule has 0 radical (unpaired) electrons. The SMILES string of the molecule is Cc1ncoc1C(=O)N1CCCC(C(=O)Nc2cccc(-c3cc4ccccc4[nH]3)c2)C1. The van der Waals surface area contributed by atoms with Crippen molar-refractivity contribution in [2.24, 2.45) is 5.92 Å². The van der Waals surface area contributed by atoms with Crippen molar-refractivity contribution in [3.63, 3.8) is 0 Å².